The van der Waals surface area contributed by atoms with Crippen LogP contribution in [-0.2, 0) is 4.79 Å². The van der Waals surface area contributed by atoms with Crippen molar-refractivity contribution in [2.45, 2.75) is 0 Å². The minimum Gasteiger partial charge on any atom is -0.332 e. The Morgan fingerprint density at radius 3 is 2.00 bits per heavy atom. The van der Waals surface area contributed by atoms with Crippen LogP contribution in [0.5, 0.6) is 0 Å². The predicted molar refractivity (Wildman–Crippen MR) is 123 cm³/mol. The number of amides is 3. The van der Waals surface area contributed by atoms with E-state index < -0.39 is 5.91 Å². The summed E-state index contributed by atoms with van der Waals surface area (Å²) in [5.74, 6) is -1.02. The number of hydrogen-bond donors (Lipinski definition) is 2. The standard InChI is InChI=1S/C23H19Cl2N3O3/c1-28(14-20(29)27-21-18(24)8-5-9-19(21)25)23(31)16-10-12-17(13-11-16)26-22(30)15-6-3-2-4-7-15/h2-13H,14H2,1H3,(H,26,30)(H,27,29). The molecule has 3 aromatic carbocycles. The zero-order chi connectivity index (χ0) is 22.4. The van der Waals surface area contributed by atoms with E-state index in [2.05, 4.69) is 10.6 Å². The molecule has 8 heteroatoms. The van der Waals surface area contributed by atoms with Crippen LogP contribution in [0.2, 0.25) is 10.0 Å². The third-order valence-electron chi connectivity index (χ3n) is 4.38. The van der Waals surface area contributed by atoms with Gasteiger partial charge in [-0.05, 0) is 48.5 Å². The summed E-state index contributed by atoms with van der Waals surface area (Å²) in [5, 5.41) is 6.01. The molecule has 0 bridgehead atoms. The summed E-state index contributed by atoms with van der Waals surface area (Å²) in [7, 11) is 1.52. The van der Waals surface area contributed by atoms with Gasteiger partial charge in [0.15, 0.2) is 0 Å². The summed E-state index contributed by atoms with van der Waals surface area (Å²) in [6, 6.07) is 20.1. The van der Waals surface area contributed by atoms with Crippen molar-refractivity contribution in [2.75, 3.05) is 24.2 Å². The first kappa shape index (κ1) is 22.3. The number of likely N-dealkylation sites (N-methyl/N-ethyl adjacent to an activating group) is 1. The Balaban J connectivity index is 1.59. The summed E-state index contributed by atoms with van der Waals surface area (Å²) >= 11 is 12.1. The highest BCUT2D eigenvalue weighted by atomic mass is 35.5. The smallest absolute Gasteiger partial charge is 0.255 e. The first-order valence-corrected chi connectivity index (χ1v) is 10.1. The van der Waals surface area contributed by atoms with Gasteiger partial charge in [-0.2, -0.15) is 0 Å². The summed E-state index contributed by atoms with van der Waals surface area (Å²) < 4.78 is 0. The SMILES string of the molecule is CN(CC(=O)Nc1c(Cl)cccc1Cl)C(=O)c1ccc(NC(=O)c2ccccc2)cc1. The fourth-order valence-corrected chi connectivity index (χ4v) is 3.28. The van der Waals surface area contributed by atoms with E-state index in [0.29, 0.717) is 32.5 Å². The molecule has 3 amide bonds. The molecule has 0 radical (unpaired) electrons. The molecule has 0 heterocycles. The molecule has 0 aromatic heterocycles. The highest BCUT2D eigenvalue weighted by Gasteiger charge is 2.17. The Labute approximate surface area is 189 Å². The van der Waals surface area contributed by atoms with Gasteiger partial charge in [-0.25, -0.2) is 0 Å². The van der Waals surface area contributed by atoms with Crippen LogP contribution in [0.4, 0.5) is 11.4 Å². The average molecular weight is 456 g/mol. The zero-order valence-electron chi connectivity index (χ0n) is 16.6. The summed E-state index contributed by atoms with van der Waals surface area (Å²) in [6.45, 7) is -0.188. The summed E-state index contributed by atoms with van der Waals surface area (Å²) in [5.41, 5.74) is 1.77. The molecule has 0 saturated carbocycles. The van der Waals surface area contributed by atoms with Gasteiger partial charge in [0.2, 0.25) is 5.91 Å². The van der Waals surface area contributed by atoms with Gasteiger partial charge in [0, 0.05) is 23.9 Å². The Kier molecular flexibility index (Phi) is 7.28. The van der Waals surface area contributed by atoms with Crippen LogP contribution in [0.3, 0.4) is 0 Å². The molecule has 31 heavy (non-hydrogen) atoms. The maximum atomic E-state index is 12.6. The maximum absolute atomic E-state index is 12.6. The third kappa shape index (κ3) is 5.84. The van der Waals surface area contributed by atoms with Gasteiger partial charge >= 0.3 is 0 Å². The van der Waals surface area contributed by atoms with E-state index in [1.54, 1.807) is 66.7 Å². The first-order valence-electron chi connectivity index (χ1n) is 9.31. The number of nitrogens with zero attached hydrogens (tertiary/aromatic N) is 1. The van der Waals surface area contributed by atoms with Gasteiger partial charge in [0.25, 0.3) is 11.8 Å². The number of anilines is 2. The fraction of sp³-hybridized carbons (Fsp3) is 0.0870. The summed E-state index contributed by atoms with van der Waals surface area (Å²) in [6.07, 6.45) is 0. The van der Waals surface area contributed by atoms with Crippen molar-refractivity contribution in [2.24, 2.45) is 0 Å². The molecule has 158 valence electrons. The van der Waals surface area contributed by atoms with Crippen LogP contribution in [0.1, 0.15) is 20.7 Å². The lowest BCUT2D eigenvalue weighted by Crippen LogP contribution is -2.35. The number of para-hydroxylation sites is 1. The molecule has 0 aliphatic heterocycles. The van der Waals surface area contributed by atoms with Crippen LogP contribution in [0.15, 0.2) is 72.8 Å². The van der Waals surface area contributed by atoms with E-state index >= 15 is 0 Å². The molecule has 0 atom stereocenters. The Morgan fingerprint density at radius 2 is 1.39 bits per heavy atom. The van der Waals surface area contributed by atoms with Crippen molar-refractivity contribution in [1.29, 1.82) is 0 Å². The molecule has 2 N–H and O–H groups in total. The molecule has 0 aliphatic carbocycles. The molecule has 0 fully saturated rings. The van der Waals surface area contributed by atoms with E-state index in [1.165, 1.54) is 11.9 Å². The monoisotopic (exact) mass is 455 g/mol. The molecule has 0 saturated heterocycles. The van der Waals surface area contributed by atoms with Crippen LogP contribution in [-0.4, -0.2) is 36.2 Å². The van der Waals surface area contributed by atoms with Crippen LogP contribution >= 0.6 is 23.2 Å². The Hall–Kier alpha value is -3.35. The van der Waals surface area contributed by atoms with Crippen molar-refractivity contribution in [1.82, 2.24) is 4.90 Å². The van der Waals surface area contributed by atoms with Crippen LogP contribution in [0, 0.1) is 0 Å². The molecular formula is C23H19Cl2N3O3. The quantitative estimate of drug-likeness (QED) is 0.551. The van der Waals surface area contributed by atoms with Crippen LogP contribution < -0.4 is 10.6 Å². The molecule has 6 nitrogen and oxygen atoms in total. The Morgan fingerprint density at radius 1 is 0.774 bits per heavy atom. The van der Waals surface area contributed by atoms with Gasteiger partial charge in [0.05, 0.1) is 22.3 Å². The number of halogens is 2. The van der Waals surface area contributed by atoms with Crippen molar-refractivity contribution in [3.63, 3.8) is 0 Å². The van der Waals surface area contributed by atoms with Gasteiger partial charge in [-0.3, -0.25) is 14.4 Å². The van der Waals surface area contributed by atoms with Gasteiger partial charge < -0.3 is 15.5 Å². The third-order valence-corrected chi connectivity index (χ3v) is 5.01. The Bertz CT molecular complexity index is 1080. The average Bonchev–Trinajstić information content (AvgIpc) is 2.77. The van der Waals surface area contributed by atoms with E-state index in [4.69, 9.17) is 23.2 Å². The lowest BCUT2D eigenvalue weighted by molar-refractivity contribution is -0.116. The minimum absolute atomic E-state index is 0.188. The number of hydrogen-bond acceptors (Lipinski definition) is 3. The highest BCUT2D eigenvalue weighted by molar-refractivity contribution is 6.39. The predicted octanol–water partition coefficient (Wildman–Crippen LogP) is 4.96. The van der Waals surface area contributed by atoms with Gasteiger partial charge in [0.1, 0.15) is 0 Å². The largest absolute Gasteiger partial charge is 0.332 e. The van der Waals surface area contributed by atoms with E-state index in [9.17, 15) is 14.4 Å². The van der Waals surface area contributed by atoms with E-state index in [1.807, 2.05) is 6.07 Å². The molecule has 0 spiro atoms. The number of rotatable bonds is 6. The van der Waals surface area contributed by atoms with Crippen molar-refractivity contribution < 1.29 is 14.4 Å². The summed E-state index contributed by atoms with van der Waals surface area (Å²) in [4.78, 5) is 38.4. The lowest BCUT2D eigenvalue weighted by Gasteiger charge is -2.18. The normalized spacial score (nSPS) is 10.3. The molecular weight excluding hydrogens is 437 g/mol. The minimum atomic E-state index is -0.433. The second-order valence-electron chi connectivity index (χ2n) is 6.70. The first-order chi connectivity index (χ1) is 14.8. The number of benzene rings is 3. The van der Waals surface area contributed by atoms with Crippen LogP contribution in [0.25, 0.3) is 0 Å². The maximum Gasteiger partial charge on any atom is 0.255 e. The molecule has 3 aromatic rings. The zero-order valence-corrected chi connectivity index (χ0v) is 18.1. The number of nitrogens with one attached hydrogen (secondary N) is 2. The van der Waals surface area contributed by atoms with E-state index in [0.717, 1.165) is 0 Å². The second-order valence-corrected chi connectivity index (χ2v) is 7.52. The topological polar surface area (TPSA) is 78.5 Å². The van der Waals surface area contributed by atoms with Crippen molar-refractivity contribution >= 4 is 52.3 Å². The van der Waals surface area contributed by atoms with Gasteiger partial charge in [-0.1, -0.05) is 47.5 Å². The lowest BCUT2D eigenvalue weighted by atomic mass is 10.1. The number of carbonyl (C=O) groups is 3. The highest BCUT2D eigenvalue weighted by Crippen LogP contribution is 2.29. The van der Waals surface area contributed by atoms with Gasteiger partial charge in [-0.15, -0.1) is 0 Å². The van der Waals surface area contributed by atoms with E-state index in [-0.39, 0.29) is 18.4 Å². The van der Waals surface area contributed by atoms with Crippen molar-refractivity contribution in [3.8, 4) is 0 Å². The molecule has 3 rings (SSSR count). The molecule has 0 unspecified atom stereocenters. The number of carbonyl (C=O) groups excluding carboxylic acids is 3. The fourth-order valence-electron chi connectivity index (χ4n) is 2.79. The molecule has 0 aliphatic rings. The van der Waals surface area contributed by atoms with Crippen molar-refractivity contribution in [3.05, 3.63) is 94.0 Å². The second kappa shape index (κ2) is 10.1.